The minimum Gasteiger partial charge on any atom is -0.444 e. The van der Waals surface area contributed by atoms with E-state index in [9.17, 15) is 4.79 Å². The van der Waals surface area contributed by atoms with Crippen molar-refractivity contribution in [2.45, 2.75) is 52.3 Å². The second-order valence-corrected chi connectivity index (χ2v) is 6.59. The van der Waals surface area contributed by atoms with E-state index in [1.54, 1.807) is 0 Å². The van der Waals surface area contributed by atoms with Crippen LogP contribution in [-0.2, 0) is 4.74 Å². The Morgan fingerprint density at radius 1 is 1.14 bits per heavy atom. The summed E-state index contributed by atoms with van der Waals surface area (Å²) in [6.45, 7) is 9.78. The van der Waals surface area contributed by atoms with Crippen LogP contribution in [-0.4, -0.2) is 24.8 Å². The van der Waals surface area contributed by atoms with Crippen LogP contribution in [0, 0.1) is 5.92 Å². The molecule has 2 atom stereocenters. The van der Waals surface area contributed by atoms with E-state index in [2.05, 4.69) is 36.6 Å². The van der Waals surface area contributed by atoms with Crippen molar-refractivity contribution in [1.29, 1.82) is 0 Å². The number of hydrogen-bond acceptors (Lipinski definition) is 3. The summed E-state index contributed by atoms with van der Waals surface area (Å²) >= 11 is 0. The zero-order valence-electron chi connectivity index (χ0n) is 13.9. The molecule has 0 saturated carbocycles. The van der Waals surface area contributed by atoms with Gasteiger partial charge in [0.2, 0.25) is 0 Å². The van der Waals surface area contributed by atoms with Gasteiger partial charge in [-0.3, -0.25) is 0 Å². The fourth-order valence-electron chi connectivity index (χ4n) is 2.29. The molecular formula is C17H28N2O2. The predicted molar refractivity (Wildman–Crippen MR) is 86.2 cm³/mol. The molecule has 1 rings (SSSR count). The Hall–Kier alpha value is -1.55. The minimum atomic E-state index is -0.493. The van der Waals surface area contributed by atoms with E-state index < -0.39 is 5.60 Å². The van der Waals surface area contributed by atoms with Crippen LogP contribution in [0.25, 0.3) is 0 Å². The SMILES string of the molecule is CNC(c1ccccc1)C(NC(=O)OC(C)(C)C)C(C)C. The largest absolute Gasteiger partial charge is 0.444 e. The molecule has 0 aliphatic rings. The van der Waals surface area contributed by atoms with Crippen LogP contribution in [0.2, 0.25) is 0 Å². The molecule has 4 nitrogen and oxygen atoms in total. The van der Waals surface area contributed by atoms with Crippen LogP contribution in [0.5, 0.6) is 0 Å². The first kappa shape index (κ1) is 17.5. The maximum absolute atomic E-state index is 12.1. The molecule has 21 heavy (non-hydrogen) atoms. The van der Waals surface area contributed by atoms with E-state index in [-0.39, 0.29) is 24.1 Å². The zero-order chi connectivity index (χ0) is 16.0. The number of carbonyl (C=O) groups excluding carboxylic acids is 1. The third-order valence-corrected chi connectivity index (χ3v) is 3.23. The average molecular weight is 292 g/mol. The lowest BCUT2D eigenvalue weighted by molar-refractivity contribution is 0.0475. The summed E-state index contributed by atoms with van der Waals surface area (Å²) in [5.74, 6) is 0.273. The van der Waals surface area contributed by atoms with Crippen molar-refractivity contribution in [2.24, 2.45) is 5.92 Å². The number of amides is 1. The molecule has 0 spiro atoms. The molecule has 1 aromatic carbocycles. The van der Waals surface area contributed by atoms with Crippen molar-refractivity contribution in [3.63, 3.8) is 0 Å². The molecule has 2 N–H and O–H groups in total. The molecule has 1 amide bonds. The highest BCUT2D eigenvalue weighted by Gasteiger charge is 2.28. The van der Waals surface area contributed by atoms with Crippen molar-refractivity contribution in [2.75, 3.05) is 7.05 Å². The van der Waals surface area contributed by atoms with Crippen molar-refractivity contribution in [3.05, 3.63) is 35.9 Å². The van der Waals surface area contributed by atoms with E-state index >= 15 is 0 Å². The summed E-state index contributed by atoms with van der Waals surface area (Å²) in [5, 5.41) is 6.30. The monoisotopic (exact) mass is 292 g/mol. The van der Waals surface area contributed by atoms with Gasteiger partial charge in [0.05, 0.1) is 12.1 Å². The number of alkyl carbamates (subject to hydrolysis) is 1. The Bertz CT molecular complexity index is 438. The molecule has 118 valence electrons. The molecule has 0 bridgehead atoms. The third-order valence-electron chi connectivity index (χ3n) is 3.23. The third kappa shape index (κ3) is 5.76. The molecule has 0 aliphatic heterocycles. The van der Waals surface area contributed by atoms with Gasteiger partial charge in [-0.05, 0) is 39.3 Å². The highest BCUT2D eigenvalue weighted by molar-refractivity contribution is 5.68. The van der Waals surface area contributed by atoms with Crippen molar-refractivity contribution in [1.82, 2.24) is 10.6 Å². The maximum Gasteiger partial charge on any atom is 0.407 e. The summed E-state index contributed by atoms with van der Waals surface area (Å²) in [7, 11) is 1.91. The number of likely N-dealkylation sites (N-methyl/N-ethyl adjacent to an activating group) is 1. The summed E-state index contributed by atoms with van der Waals surface area (Å²) < 4.78 is 5.37. The Labute approximate surface area is 128 Å². The van der Waals surface area contributed by atoms with Crippen molar-refractivity contribution < 1.29 is 9.53 Å². The van der Waals surface area contributed by atoms with E-state index in [4.69, 9.17) is 4.74 Å². The molecule has 0 fully saturated rings. The molecule has 1 aromatic rings. The molecule has 0 saturated heterocycles. The fourth-order valence-corrected chi connectivity index (χ4v) is 2.29. The fraction of sp³-hybridized carbons (Fsp3) is 0.588. The van der Waals surface area contributed by atoms with Gasteiger partial charge < -0.3 is 15.4 Å². The van der Waals surface area contributed by atoms with Crippen LogP contribution < -0.4 is 10.6 Å². The van der Waals surface area contributed by atoms with Gasteiger partial charge in [-0.1, -0.05) is 44.2 Å². The van der Waals surface area contributed by atoms with Gasteiger partial charge in [-0.15, -0.1) is 0 Å². The molecule has 0 aliphatic carbocycles. The highest BCUT2D eigenvalue weighted by Crippen LogP contribution is 2.22. The van der Waals surface area contributed by atoms with Gasteiger partial charge in [0, 0.05) is 0 Å². The lowest BCUT2D eigenvalue weighted by atomic mass is 9.91. The quantitative estimate of drug-likeness (QED) is 0.873. The standard InChI is InChI=1S/C17H28N2O2/c1-12(2)14(19-16(20)21-17(3,4)5)15(18-6)13-10-8-7-9-11-13/h7-12,14-15,18H,1-6H3,(H,19,20). The number of nitrogens with one attached hydrogen (secondary N) is 2. The normalized spacial score (nSPS) is 14.6. The van der Waals surface area contributed by atoms with Crippen molar-refractivity contribution in [3.8, 4) is 0 Å². The lowest BCUT2D eigenvalue weighted by Crippen LogP contribution is -2.48. The van der Waals surface area contributed by atoms with Crippen LogP contribution in [0.3, 0.4) is 0 Å². The number of ether oxygens (including phenoxy) is 1. The van der Waals surface area contributed by atoms with Gasteiger partial charge in [0.15, 0.2) is 0 Å². The number of hydrogen-bond donors (Lipinski definition) is 2. The highest BCUT2D eigenvalue weighted by atomic mass is 16.6. The van der Waals surface area contributed by atoms with Crippen LogP contribution >= 0.6 is 0 Å². The first-order valence-corrected chi connectivity index (χ1v) is 7.46. The minimum absolute atomic E-state index is 0.0405. The summed E-state index contributed by atoms with van der Waals surface area (Å²) in [6, 6.07) is 10.1. The van der Waals surface area contributed by atoms with Gasteiger partial charge in [0.25, 0.3) is 0 Å². The van der Waals surface area contributed by atoms with Crippen LogP contribution in [0.15, 0.2) is 30.3 Å². The summed E-state index contributed by atoms with van der Waals surface area (Å²) in [4.78, 5) is 12.1. The van der Waals surface area contributed by atoms with Gasteiger partial charge in [-0.25, -0.2) is 4.79 Å². The molecule has 4 heteroatoms. The summed E-state index contributed by atoms with van der Waals surface area (Å²) in [5.41, 5.74) is 0.655. The Balaban J connectivity index is 2.87. The molecule has 2 unspecified atom stereocenters. The van der Waals surface area contributed by atoms with E-state index in [1.165, 1.54) is 0 Å². The average Bonchev–Trinajstić information content (AvgIpc) is 2.37. The second kappa shape index (κ2) is 7.46. The lowest BCUT2D eigenvalue weighted by Gasteiger charge is -2.32. The van der Waals surface area contributed by atoms with Gasteiger partial charge in [0.1, 0.15) is 5.60 Å². The first-order chi connectivity index (χ1) is 9.74. The van der Waals surface area contributed by atoms with E-state index in [0.717, 1.165) is 5.56 Å². The van der Waals surface area contributed by atoms with Crippen LogP contribution in [0.1, 0.15) is 46.2 Å². The summed E-state index contributed by atoms with van der Waals surface area (Å²) in [6.07, 6.45) is -0.377. The Morgan fingerprint density at radius 3 is 2.14 bits per heavy atom. The van der Waals surface area contributed by atoms with Crippen LogP contribution in [0.4, 0.5) is 4.79 Å². The van der Waals surface area contributed by atoms with Crippen molar-refractivity contribution >= 4 is 6.09 Å². The predicted octanol–water partition coefficient (Wildman–Crippen LogP) is 3.50. The zero-order valence-corrected chi connectivity index (χ0v) is 13.9. The van der Waals surface area contributed by atoms with E-state index in [1.807, 2.05) is 46.0 Å². The number of benzene rings is 1. The second-order valence-electron chi connectivity index (χ2n) is 6.59. The smallest absolute Gasteiger partial charge is 0.407 e. The Morgan fingerprint density at radius 2 is 1.71 bits per heavy atom. The number of rotatable bonds is 5. The molecule has 0 heterocycles. The van der Waals surface area contributed by atoms with E-state index in [0.29, 0.717) is 0 Å². The molecular weight excluding hydrogens is 264 g/mol. The molecule has 0 aromatic heterocycles. The maximum atomic E-state index is 12.1. The number of carbonyl (C=O) groups is 1. The molecule has 0 radical (unpaired) electrons. The van der Waals surface area contributed by atoms with Gasteiger partial charge >= 0.3 is 6.09 Å². The first-order valence-electron chi connectivity index (χ1n) is 7.46. The Kier molecular flexibility index (Phi) is 6.21. The van der Waals surface area contributed by atoms with Gasteiger partial charge in [-0.2, -0.15) is 0 Å². The topological polar surface area (TPSA) is 50.4 Å².